The molecule has 1 amide bonds. The molecule has 1 N–H and O–H groups in total. The van der Waals surface area contributed by atoms with Crippen molar-refractivity contribution in [2.75, 3.05) is 16.2 Å². The molecule has 0 atom stereocenters. The molecule has 0 spiro atoms. The van der Waals surface area contributed by atoms with Crippen LogP contribution < -0.4 is 9.62 Å². The summed E-state index contributed by atoms with van der Waals surface area (Å²) in [4.78, 5) is 12.9. The van der Waals surface area contributed by atoms with Crippen molar-refractivity contribution < 1.29 is 13.2 Å². The highest BCUT2D eigenvalue weighted by molar-refractivity contribution is 9.10. The predicted molar refractivity (Wildman–Crippen MR) is 118 cm³/mol. The Kier molecular flexibility index (Phi) is 5.19. The molecule has 0 saturated heterocycles. The van der Waals surface area contributed by atoms with Crippen molar-refractivity contribution >= 4 is 43.2 Å². The highest BCUT2D eigenvalue weighted by atomic mass is 79.9. The van der Waals surface area contributed by atoms with Crippen LogP contribution in [-0.2, 0) is 16.4 Å². The fourth-order valence-corrected chi connectivity index (χ4v) is 5.19. The number of nitrogens with zero attached hydrogens (tertiary/aromatic N) is 1. The number of nitrogens with one attached hydrogen (secondary N) is 1. The third kappa shape index (κ3) is 3.93. The molecule has 0 bridgehead atoms. The number of anilines is 2. The first kappa shape index (κ1) is 19.7. The Balaban J connectivity index is 1.59. The van der Waals surface area contributed by atoms with Gasteiger partial charge in [-0.1, -0.05) is 28.1 Å². The largest absolute Gasteiger partial charge is 0.322 e. The zero-order valence-corrected chi connectivity index (χ0v) is 18.1. The van der Waals surface area contributed by atoms with Crippen LogP contribution in [0.3, 0.4) is 0 Å². The molecule has 148 valence electrons. The zero-order valence-electron chi connectivity index (χ0n) is 15.7. The van der Waals surface area contributed by atoms with Gasteiger partial charge in [-0.05, 0) is 79.1 Å². The second kappa shape index (κ2) is 7.65. The third-order valence-electron chi connectivity index (χ3n) is 4.87. The first-order chi connectivity index (χ1) is 13.8. The average Bonchev–Trinajstić information content (AvgIpc) is 3.12. The van der Waals surface area contributed by atoms with Crippen LogP contribution >= 0.6 is 15.9 Å². The molecule has 0 aromatic heterocycles. The van der Waals surface area contributed by atoms with Gasteiger partial charge in [0.25, 0.3) is 15.9 Å². The molecule has 0 aliphatic carbocycles. The molecule has 0 radical (unpaired) electrons. The van der Waals surface area contributed by atoms with E-state index in [1.54, 1.807) is 42.5 Å². The molecular formula is C22H19BrN2O3S. The summed E-state index contributed by atoms with van der Waals surface area (Å²) in [7, 11) is -3.64. The maximum atomic E-state index is 13.0. The van der Waals surface area contributed by atoms with Crippen LogP contribution in [0.1, 0.15) is 21.5 Å². The van der Waals surface area contributed by atoms with Gasteiger partial charge in [0.2, 0.25) is 0 Å². The average molecular weight is 471 g/mol. The summed E-state index contributed by atoms with van der Waals surface area (Å²) in [6.45, 7) is 2.32. The predicted octanol–water partition coefficient (Wildman–Crippen LogP) is 4.76. The molecule has 1 aliphatic heterocycles. The Morgan fingerprint density at radius 3 is 2.52 bits per heavy atom. The van der Waals surface area contributed by atoms with Crippen molar-refractivity contribution in [1.29, 1.82) is 0 Å². The van der Waals surface area contributed by atoms with Crippen LogP contribution in [0.15, 0.2) is 76.1 Å². The molecule has 1 aliphatic rings. The second-order valence-electron chi connectivity index (χ2n) is 6.95. The summed E-state index contributed by atoms with van der Waals surface area (Å²) >= 11 is 3.32. The second-order valence-corrected chi connectivity index (χ2v) is 9.73. The van der Waals surface area contributed by atoms with Gasteiger partial charge in [-0.15, -0.1) is 0 Å². The number of hydrogen-bond donors (Lipinski definition) is 1. The Hall–Kier alpha value is -2.64. The summed E-state index contributed by atoms with van der Waals surface area (Å²) in [5.41, 5.74) is 3.77. The van der Waals surface area contributed by atoms with E-state index in [-0.39, 0.29) is 10.8 Å². The number of halogens is 1. The Labute approximate surface area is 178 Å². The lowest BCUT2D eigenvalue weighted by atomic mass is 10.1. The van der Waals surface area contributed by atoms with Gasteiger partial charge in [-0.2, -0.15) is 0 Å². The molecule has 3 aromatic rings. The maximum Gasteiger partial charge on any atom is 0.264 e. The lowest BCUT2D eigenvalue weighted by molar-refractivity contribution is 0.102. The standard InChI is InChI=1S/C22H19BrN2O3S/c1-15-3-2-4-19(13-15)24-22(26)17-5-10-21-16(14-17)11-12-25(21)29(27,28)20-8-6-18(23)7-9-20/h2-10,13-14H,11-12H2,1H3,(H,24,26). The summed E-state index contributed by atoms with van der Waals surface area (Å²) in [5, 5.41) is 2.89. The Morgan fingerprint density at radius 2 is 1.79 bits per heavy atom. The number of rotatable bonds is 4. The minimum absolute atomic E-state index is 0.215. The minimum Gasteiger partial charge on any atom is -0.322 e. The van der Waals surface area contributed by atoms with E-state index in [9.17, 15) is 13.2 Å². The molecular weight excluding hydrogens is 452 g/mol. The van der Waals surface area contributed by atoms with Gasteiger partial charge in [0.05, 0.1) is 10.6 Å². The number of sulfonamides is 1. The topological polar surface area (TPSA) is 66.5 Å². The fourth-order valence-electron chi connectivity index (χ4n) is 3.42. The lowest BCUT2D eigenvalue weighted by Gasteiger charge is -2.20. The van der Waals surface area contributed by atoms with Crippen molar-refractivity contribution in [2.24, 2.45) is 0 Å². The maximum absolute atomic E-state index is 13.0. The van der Waals surface area contributed by atoms with Crippen molar-refractivity contribution in [3.63, 3.8) is 0 Å². The molecule has 5 nitrogen and oxygen atoms in total. The van der Waals surface area contributed by atoms with Gasteiger partial charge in [0.1, 0.15) is 0 Å². The number of hydrogen-bond acceptors (Lipinski definition) is 3. The molecule has 0 saturated carbocycles. The smallest absolute Gasteiger partial charge is 0.264 e. The van der Waals surface area contributed by atoms with Gasteiger partial charge >= 0.3 is 0 Å². The number of fused-ring (bicyclic) bond motifs is 1. The minimum atomic E-state index is -3.64. The van der Waals surface area contributed by atoms with Crippen LogP contribution in [0.2, 0.25) is 0 Å². The number of amides is 1. The van der Waals surface area contributed by atoms with Crippen molar-refractivity contribution in [3.05, 3.63) is 87.9 Å². The van der Waals surface area contributed by atoms with Gasteiger partial charge in [-0.3, -0.25) is 9.10 Å². The van der Waals surface area contributed by atoms with Crippen LogP contribution in [0.5, 0.6) is 0 Å². The van der Waals surface area contributed by atoms with Gasteiger partial charge in [0, 0.05) is 22.3 Å². The Morgan fingerprint density at radius 1 is 1.03 bits per heavy atom. The first-order valence-corrected chi connectivity index (χ1v) is 11.4. The number of benzene rings is 3. The van der Waals surface area contributed by atoms with Crippen molar-refractivity contribution in [3.8, 4) is 0 Å². The molecule has 0 fully saturated rings. The Bertz CT molecular complexity index is 1190. The van der Waals surface area contributed by atoms with Crippen molar-refractivity contribution in [1.82, 2.24) is 0 Å². The van der Waals surface area contributed by atoms with E-state index in [1.165, 1.54) is 4.31 Å². The molecule has 7 heteroatoms. The first-order valence-electron chi connectivity index (χ1n) is 9.14. The molecule has 4 rings (SSSR count). The number of aryl methyl sites for hydroxylation is 1. The van der Waals surface area contributed by atoms with E-state index in [1.807, 2.05) is 31.2 Å². The van der Waals surface area contributed by atoms with E-state index in [2.05, 4.69) is 21.2 Å². The monoisotopic (exact) mass is 470 g/mol. The highest BCUT2D eigenvalue weighted by Crippen LogP contribution is 2.34. The highest BCUT2D eigenvalue weighted by Gasteiger charge is 2.31. The van der Waals surface area contributed by atoms with Crippen molar-refractivity contribution in [2.45, 2.75) is 18.2 Å². The van der Waals surface area contributed by atoms with E-state index >= 15 is 0 Å². The molecule has 0 unspecified atom stereocenters. The number of carbonyl (C=O) groups excluding carboxylic acids is 1. The van der Waals surface area contributed by atoms with Crippen LogP contribution in [0.4, 0.5) is 11.4 Å². The van der Waals surface area contributed by atoms with Crippen LogP contribution in [0.25, 0.3) is 0 Å². The third-order valence-corrected chi connectivity index (χ3v) is 7.23. The number of carbonyl (C=O) groups is 1. The summed E-state index contributed by atoms with van der Waals surface area (Å²) in [5.74, 6) is -0.215. The lowest BCUT2D eigenvalue weighted by Crippen LogP contribution is -2.29. The van der Waals surface area contributed by atoms with Crippen LogP contribution in [0, 0.1) is 6.92 Å². The van der Waals surface area contributed by atoms with Crippen LogP contribution in [-0.4, -0.2) is 20.9 Å². The molecule has 1 heterocycles. The van der Waals surface area contributed by atoms with E-state index < -0.39 is 10.0 Å². The molecule has 3 aromatic carbocycles. The van der Waals surface area contributed by atoms with E-state index in [0.717, 1.165) is 21.3 Å². The molecule has 29 heavy (non-hydrogen) atoms. The normalized spacial score (nSPS) is 13.2. The van der Waals surface area contributed by atoms with E-state index in [4.69, 9.17) is 0 Å². The summed E-state index contributed by atoms with van der Waals surface area (Å²) < 4.78 is 28.3. The SMILES string of the molecule is Cc1cccc(NC(=O)c2ccc3c(c2)CCN3S(=O)(=O)c2ccc(Br)cc2)c1. The zero-order chi connectivity index (χ0) is 20.6. The van der Waals surface area contributed by atoms with Gasteiger partial charge in [0.15, 0.2) is 0 Å². The summed E-state index contributed by atoms with van der Waals surface area (Å²) in [6.07, 6.45) is 0.566. The van der Waals surface area contributed by atoms with Gasteiger partial charge in [-0.25, -0.2) is 8.42 Å². The summed E-state index contributed by atoms with van der Waals surface area (Å²) in [6, 6.07) is 19.3. The quantitative estimate of drug-likeness (QED) is 0.597. The van der Waals surface area contributed by atoms with E-state index in [0.29, 0.717) is 24.2 Å². The van der Waals surface area contributed by atoms with Gasteiger partial charge < -0.3 is 5.32 Å². The fraction of sp³-hybridized carbons (Fsp3) is 0.136.